The van der Waals surface area contributed by atoms with Crippen molar-refractivity contribution in [2.45, 2.75) is 15.7 Å². The van der Waals surface area contributed by atoms with E-state index in [1.165, 1.54) is 24.3 Å². The molecular formula is C18H14N2O10S2. The smallest absolute Gasteiger partial charge is 0.346 e. The van der Waals surface area contributed by atoms with Crippen LogP contribution in [-0.2, 0) is 25.8 Å². The van der Waals surface area contributed by atoms with E-state index in [2.05, 4.69) is 0 Å². The molecule has 2 unspecified atom stereocenters. The summed E-state index contributed by atoms with van der Waals surface area (Å²) in [4.78, 5) is 20.5. The monoisotopic (exact) mass is 482 g/mol. The minimum Gasteiger partial charge on any atom is -0.379 e. The lowest BCUT2D eigenvalue weighted by Gasteiger charge is -2.29. The van der Waals surface area contributed by atoms with Crippen molar-refractivity contribution >= 4 is 25.9 Å². The van der Waals surface area contributed by atoms with Gasteiger partial charge in [-0.1, -0.05) is 30.4 Å². The summed E-state index contributed by atoms with van der Waals surface area (Å²) in [6.45, 7) is 0. The van der Waals surface area contributed by atoms with Gasteiger partial charge in [0.05, 0.1) is 4.92 Å². The largest absolute Gasteiger partial charge is 0.379 e. The minimum absolute atomic E-state index is 0.179. The second kappa shape index (κ2) is 8.14. The van der Waals surface area contributed by atoms with E-state index in [1.807, 2.05) is 0 Å². The molecule has 0 fully saturated rings. The summed E-state index contributed by atoms with van der Waals surface area (Å²) in [7, 11) is -9.51. The van der Waals surface area contributed by atoms with Gasteiger partial charge in [-0.15, -0.1) is 0 Å². The number of nitro groups is 2. The first kappa shape index (κ1) is 23.1. The molecule has 1 aliphatic carbocycles. The molecule has 1 aliphatic rings. The molecule has 3 rings (SSSR count). The Hall–Kier alpha value is -3.62. The van der Waals surface area contributed by atoms with Gasteiger partial charge in [-0.05, 0) is 36.4 Å². The van der Waals surface area contributed by atoms with Gasteiger partial charge in [-0.3, -0.25) is 24.8 Å². The summed E-state index contributed by atoms with van der Waals surface area (Å²) in [5.74, 6) is -0.330. The van der Waals surface area contributed by atoms with Crippen LogP contribution >= 0.6 is 0 Å². The number of hydrogen-bond donors (Lipinski definition) is 1. The predicted octanol–water partition coefficient (Wildman–Crippen LogP) is 2.22. The highest BCUT2D eigenvalue weighted by Gasteiger charge is 2.55. The highest BCUT2D eigenvalue weighted by molar-refractivity contribution is 7.87. The van der Waals surface area contributed by atoms with Gasteiger partial charge in [0.1, 0.15) is 5.75 Å². The summed E-state index contributed by atoms with van der Waals surface area (Å²) in [6, 6.07) is 8.70. The van der Waals surface area contributed by atoms with Crippen LogP contribution in [0.25, 0.3) is 0 Å². The molecule has 0 saturated heterocycles. The first-order valence-corrected chi connectivity index (χ1v) is 11.6. The normalized spacial score (nSPS) is 20.6. The molecule has 0 bridgehead atoms. The van der Waals surface area contributed by atoms with Crippen LogP contribution in [0.2, 0.25) is 0 Å². The van der Waals surface area contributed by atoms with Gasteiger partial charge in [0, 0.05) is 16.6 Å². The maximum atomic E-state index is 12.5. The lowest BCUT2D eigenvalue weighted by Crippen LogP contribution is -2.48. The van der Waals surface area contributed by atoms with Crippen LogP contribution in [0.5, 0.6) is 5.75 Å². The summed E-state index contributed by atoms with van der Waals surface area (Å²) >= 11 is 0. The van der Waals surface area contributed by atoms with Gasteiger partial charge in [0.25, 0.3) is 21.3 Å². The molecular weight excluding hydrogens is 468 g/mol. The Bertz CT molecular complexity index is 1350. The van der Waals surface area contributed by atoms with Crippen LogP contribution in [0.1, 0.15) is 5.56 Å². The maximum Gasteiger partial charge on any atom is 0.346 e. The molecule has 0 heterocycles. The quantitative estimate of drug-likeness (QED) is 0.265. The van der Waals surface area contributed by atoms with E-state index in [9.17, 15) is 41.6 Å². The van der Waals surface area contributed by atoms with Crippen LogP contribution in [0.4, 0.5) is 5.69 Å². The van der Waals surface area contributed by atoms with Crippen molar-refractivity contribution in [3.8, 4) is 5.75 Å². The molecule has 0 aliphatic heterocycles. The first-order valence-electron chi connectivity index (χ1n) is 8.65. The Kier molecular flexibility index (Phi) is 5.86. The highest BCUT2D eigenvalue weighted by atomic mass is 32.2. The molecule has 32 heavy (non-hydrogen) atoms. The number of allylic oxidation sites excluding steroid dienone is 2. The van der Waals surface area contributed by atoms with Crippen LogP contribution in [-0.4, -0.2) is 36.5 Å². The van der Waals surface area contributed by atoms with Gasteiger partial charge in [-0.2, -0.15) is 16.8 Å². The van der Waals surface area contributed by atoms with E-state index >= 15 is 0 Å². The van der Waals surface area contributed by atoms with Crippen molar-refractivity contribution in [1.82, 2.24) is 0 Å². The highest BCUT2D eigenvalue weighted by Crippen LogP contribution is 2.38. The van der Waals surface area contributed by atoms with E-state index in [0.29, 0.717) is 0 Å². The average Bonchev–Trinajstić information content (AvgIpc) is 2.73. The Morgan fingerprint density at radius 3 is 2.12 bits per heavy atom. The Morgan fingerprint density at radius 2 is 1.56 bits per heavy atom. The van der Waals surface area contributed by atoms with Crippen molar-refractivity contribution in [3.63, 3.8) is 0 Å². The number of para-hydroxylation sites is 1. The van der Waals surface area contributed by atoms with Crippen molar-refractivity contribution in [1.29, 1.82) is 0 Å². The molecule has 0 aromatic heterocycles. The predicted molar refractivity (Wildman–Crippen MR) is 110 cm³/mol. The van der Waals surface area contributed by atoms with Crippen molar-refractivity contribution in [2.24, 2.45) is 0 Å². The van der Waals surface area contributed by atoms with Gasteiger partial charge in [0.2, 0.25) is 0 Å². The number of nitrogens with zero attached hydrogens (tertiary/aromatic N) is 2. The van der Waals surface area contributed by atoms with Crippen molar-refractivity contribution in [2.75, 3.05) is 0 Å². The fourth-order valence-corrected chi connectivity index (χ4v) is 5.38. The zero-order chi connectivity index (χ0) is 23.7. The molecule has 2 aromatic carbocycles. The van der Waals surface area contributed by atoms with Crippen LogP contribution < -0.4 is 4.18 Å². The summed E-state index contributed by atoms with van der Waals surface area (Å²) < 4.78 is 63.0. The number of benzene rings is 2. The molecule has 168 valence electrons. The van der Waals surface area contributed by atoms with Crippen LogP contribution in [0.15, 0.2) is 77.7 Å². The second-order valence-electron chi connectivity index (χ2n) is 6.55. The Labute approximate surface area is 181 Å². The van der Waals surface area contributed by atoms with Crippen molar-refractivity contribution in [3.05, 3.63) is 98.6 Å². The second-order valence-corrected chi connectivity index (χ2v) is 9.60. The zero-order valence-electron chi connectivity index (χ0n) is 15.8. The van der Waals surface area contributed by atoms with Crippen LogP contribution in [0.3, 0.4) is 0 Å². The molecule has 0 saturated carbocycles. The van der Waals surface area contributed by atoms with Gasteiger partial charge in [0.15, 0.2) is 10.1 Å². The zero-order valence-corrected chi connectivity index (χ0v) is 17.5. The van der Waals surface area contributed by atoms with E-state index in [-0.39, 0.29) is 11.3 Å². The topological polar surface area (TPSA) is 184 Å². The third kappa shape index (κ3) is 4.10. The number of nitro benzene ring substituents is 1. The third-order valence-corrected chi connectivity index (χ3v) is 7.11. The minimum atomic E-state index is -4.89. The fraction of sp³-hybridized carbons (Fsp3) is 0.111. The summed E-state index contributed by atoms with van der Waals surface area (Å²) in [6.07, 6.45) is 4.43. The molecule has 14 heteroatoms. The van der Waals surface area contributed by atoms with Crippen LogP contribution in [0, 0.1) is 20.2 Å². The van der Waals surface area contributed by atoms with E-state index < -0.39 is 51.5 Å². The van der Waals surface area contributed by atoms with E-state index in [0.717, 1.165) is 48.6 Å². The maximum absolute atomic E-state index is 12.5. The SMILES string of the molecule is O=[N+]([O-])c1ccccc1S(=O)(=O)Oc1ccc(C2([N+](=O)[O-])C=CC=CC2S(=O)(=O)O)cc1. The van der Waals surface area contributed by atoms with Crippen molar-refractivity contribution < 1.29 is 35.4 Å². The standard InChI is InChI=1S/C18H14N2O10S2/c21-19(22)15-5-1-2-6-16(15)32(28,29)30-14-10-8-13(9-11-14)18(20(23)24)12-4-3-7-17(18)31(25,26)27/h1-12,17H,(H,25,26,27). The van der Waals surface area contributed by atoms with E-state index in [1.54, 1.807) is 0 Å². The summed E-state index contributed by atoms with van der Waals surface area (Å²) in [5, 5.41) is 21.0. The molecule has 1 N–H and O–H groups in total. The fourth-order valence-electron chi connectivity index (χ4n) is 3.23. The lowest BCUT2D eigenvalue weighted by atomic mass is 9.84. The number of hydrogen-bond acceptors (Lipinski definition) is 9. The average molecular weight is 482 g/mol. The van der Waals surface area contributed by atoms with E-state index in [4.69, 9.17) is 4.18 Å². The number of rotatable bonds is 7. The van der Waals surface area contributed by atoms with Gasteiger partial charge >= 0.3 is 10.1 Å². The molecule has 2 aromatic rings. The third-order valence-electron chi connectivity index (χ3n) is 4.66. The Morgan fingerprint density at radius 1 is 0.938 bits per heavy atom. The van der Waals surface area contributed by atoms with Gasteiger partial charge in [-0.25, -0.2) is 0 Å². The summed E-state index contributed by atoms with van der Waals surface area (Å²) in [5.41, 5.74) is -3.26. The molecule has 0 radical (unpaired) electrons. The molecule has 0 spiro atoms. The Balaban J connectivity index is 2.01. The van der Waals surface area contributed by atoms with Gasteiger partial charge < -0.3 is 4.18 Å². The lowest BCUT2D eigenvalue weighted by molar-refractivity contribution is -0.562. The first-order chi connectivity index (χ1) is 14.9. The molecule has 12 nitrogen and oxygen atoms in total. The molecule has 2 atom stereocenters. The molecule has 0 amide bonds.